The van der Waals surface area contributed by atoms with Gasteiger partial charge in [-0.15, -0.1) is 11.3 Å². The molecule has 1 N–H and O–H groups in total. The Kier molecular flexibility index (Phi) is 5.46. The van der Waals surface area contributed by atoms with E-state index in [0.717, 1.165) is 4.88 Å². The molecule has 0 radical (unpaired) electrons. The van der Waals surface area contributed by atoms with Crippen molar-refractivity contribution < 1.29 is 9.18 Å². The molecule has 0 unspecified atom stereocenters. The number of benzene rings is 2. The highest BCUT2D eigenvalue weighted by Gasteiger charge is 2.16. The average Bonchev–Trinajstić information content (AvgIpc) is 3.09. The predicted octanol–water partition coefficient (Wildman–Crippen LogP) is 4.63. The number of fused-ring (bicyclic) bond motifs is 1. The summed E-state index contributed by atoms with van der Waals surface area (Å²) in [6.45, 7) is 1.93. The van der Waals surface area contributed by atoms with Crippen molar-refractivity contribution in [3.63, 3.8) is 0 Å². The number of nitrogens with one attached hydrogen (secondary N) is 1. The Balaban J connectivity index is 1.64. The number of rotatable bonds is 5. The van der Waals surface area contributed by atoms with Crippen LogP contribution in [0.1, 0.15) is 4.88 Å². The molecule has 0 saturated heterocycles. The van der Waals surface area contributed by atoms with E-state index in [4.69, 9.17) is 0 Å². The number of halogens is 1. The summed E-state index contributed by atoms with van der Waals surface area (Å²) in [5.41, 5.74) is 1.04. The Morgan fingerprint density at radius 3 is 2.62 bits per heavy atom. The lowest BCUT2D eigenvalue weighted by atomic mass is 10.3. The number of hydrogen-bond acceptors (Lipinski definition) is 5. The van der Waals surface area contributed by atoms with Gasteiger partial charge in [-0.2, -0.15) is 0 Å². The highest BCUT2D eigenvalue weighted by Crippen LogP contribution is 2.26. The second-order valence-corrected chi connectivity index (χ2v) is 8.47. The van der Waals surface area contributed by atoms with E-state index in [2.05, 4.69) is 10.3 Å². The third kappa shape index (κ3) is 4.23. The van der Waals surface area contributed by atoms with Gasteiger partial charge in [0.05, 0.1) is 16.8 Å². The minimum Gasteiger partial charge on any atom is -0.325 e. The molecule has 0 atom stereocenters. The van der Waals surface area contributed by atoms with E-state index in [-0.39, 0.29) is 23.0 Å². The molecule has 2 heterocycles. The van der Waals surface area contributed by atoms with E-state index in [1.54, 1.807) is 0 Å². The van der Waals surface area contributed by atoms with Gasteiger partial charge in [-0.05, 0) is 49.4 Å². The van der Waals surface area contributed by atoms with Gasteiger partial charge in [0.15, 0.2) is 5.16 Å². The Labute approximate surface area is 174 Å². The number of carbonyl (C=O) groups excluding carboxylic acids is 1. The molecule has 0 saturated carbocycles. The van der Waals surface area contributed by atoms with Crippen LogP contribution in [0, 0.1) is 12.7 Å². The summed E-state index contributed by atoms with van der Waals surface area (Å²) in [7, 11) is 0. The zero-order chi connectivity index (χ0) is 20.4. The van der Waals surface area contributed by atoms with E-state index in [0.29, 0.717) is 26.7 Å². The van der Waals surface area contributed by atoms with E-state index in [1.165, 1.54) is 51.9 Å². The quantitative estimate of drug-likeness (QED) is 0.374. The zero-order valence-electron chi connectivity index (χ0n) is 15.4. The number of para-hydroxylation sites is 1. The summed E-state index contributed by atoms with van der Waals surface area (Å²) in [4.78, 5) is 31.7. The maximum atomic E-state index is 13.1. The molecular weight excluding hydrogens is 409 g/mol. The van der Waals surface area contributed by atoms with Crippen molar-refractivity contribution >= 4 is 44.9 Å². The van der Waals surface area contributed by atoms with Crippen LogP contribution in [-0.2, 0) is 4.79 Å². The fourth-order valence-corrected chi connectivity index (χ4v) is 4.58. The first kappa shape index (κ1) is 19.4. The summed E-state index contributed by atoms with van der Waals surface area (Å²) in [5.74, 6) is -0.571. The maximum absolute atomic E-state index is 13.1. The molecular formula is C21H16FN3O2S2. The third-order valence-electron chi connectivity index (χ3n) is 4.13. The molecule has 0 aliphatic rings. The minimum atomic E-state index is -0.368. The number of nitrogens with zero attached hydrogens (tertiary/aromatic N) is 2. The molecule has 2 aromatic heterocycles. The van der Waals surface area contributed by atoms with Crippen molar-refractivity contribution in [1.82, 2.24) is 9.55 Å². The molecule has 0 aliphatic heterocycles. The second kappa shape index (κ2) is 8.18. The van der Waals surface area contributed by atoms with Crippen LogP contribution in [0.3, 0.4) is 0 Å². The first-order chi connectivity index (χ1) is 14.0. The Hall–Kier alpha value is -2.97. The first-order valence-electron chi connectivity index (χ1n) is 8.78. The highest BCUT2D eigenvalue weighted by atomic mass is 32.2. The average molecular weight is 426 g/mol. The lowest BCUT2D eigenvalue weighted by Crippen LogP contribution is -2.22. The Morgan fingerprint density at radius 2 is 1.90 bits per heavy atom. The van der Waals surface area contributed by atoms with Crippen LogP contribution in [0.4, 0.5) is 10.1 Å². The van der Waals surface area contributed by atoms with Crippen molar-refractivity contribution in [3.8, 4) is 5.69 Å². The molecule has 0 fully saturated rings. The van der Waals surface area contributed by atoms with Crippen molar-refractivity contribution in [1.29, 1.82) is 0 Å². The van der Waals surface area contributed by atoms with Gasteiger partial charge in [0, 0.05) is 10.6 Å². The second-order valence-electron chi connectivity index (χ2n) is 6.29. The molecule has 1 amide bonds. The number of aromatic nitrogens is 2. The zero-order valence-corrected chi connectivity index (χ0v) is 17.0. The van der Waals surface area contributed by atoms with Gasteiger partial charge in [0.25, 0.3) is 5.56 Å². The van der Waals surface area contributed by atoms with Gasteiger partial charge >= 0.3 is 0 Å². The van der Waals surface area contributed by atoms with Gasteiger partial charge in [0.1, 0.15) is 10.6 Å². The van der Waals surface area contributed by atoms with Crippen molar-refractivity contribution in [3.05, 3.63) is 81.7 Å². The van der Waals surface area contributed by atoms with Crippen molar-refractivity contribution in [2.45, 2.75) is 12.1 Å². The number of thiophene rings is 1. The third-order valence-corrected chi connectivity index (χ3v) is 6.02. The molecule has 2 aromatic carbocycles. The minimum absolute atomic E-state index is 0.0620. The topological polar surface area (TPSA) is 64.0 Å². The number of aryl methyl sites for hydroxylation is 1. The van der Waals surface area contributed by atoms with Gasteiger partial charge in [0.2, 0.25) is 5.91 Å². The molecule has 0 bridgehead atoms. The highest BCUT2D eigenvalue weighted by molar-refractivity contribution is 7.99. The number of amides is 1. The number of hydrogen-bond donors (Lipinski definition) is 1. The Morgan fingerprint density at radius 1 is 1.17 bits per heavy atom. The summed E-state index contributed by atoms with van der Waals surface area (Å²) in [6.07, 6.45) is 0. The van der Waals surface area contributed by atoms with Gasteiger partial charge < -0.3 is 5.32 Å². The maximum Gasteiger partial charge on any atom is 0.267 e. The normalized spacial score (nSPS) is 11.0. The van der Waals surface area contributed by atoms with Crippen molar-refractivity contribution in [2.75, 3.05) is 11.1 Å². The molecule has 146 valence electrons. The van der Waals surface area contributed by atoms with Gasteiger partial charge in [-0.1, -0.05) is 30.0 Å². The molecule has 5 nitrogen and oxygen atoms in total. The van der Waals surface area contributed by atoms with Crippen molar-refractivity contribution in [2.24, 2.45) is 0 Å². The lowest BCUT2D eigenvalue weighted by Gasteiger charge is -2.12. The number of anilines is 1. The largest absolute Gasteiger partial charge is 0.325 e. The molecule has 4 aromatic rings. The van der Waals surface area contributed by atoms with E-state index < -0.39 is 0 Å². The smallest absolute Gasteiger partial charge is 0.267 e. The Bertz CT molecular complexity index is 1230. The first-order valence-corrected chi connectivity index (χ1v) is 10.6. The van der Waals surface area contributed by atoms with Crippen LogP contribution in [0.15, 0.2) is 70.6 Å². The standard InChI is InChI=1S/C21H16FN3O2S2/c1-13-11-17-19(29-13)24-21(25(20(17)27)16-5-3-2-4-6-16)28-12-18(26)23-15-9-7-14(22)8-10-15/h2-11H,12H2,1H3,(H,23,26). The molecule has 8 heteroatoms. The SMILES string of the molecule is Cc1cc2c(=O)n(-c3ccccc3)c(SCC(=O)Nc3ccc(F)cc3)nc2s1. The molecule has 0 spiro atoms. The number of thioether (sulfide) groups is 1. The molecule has 0 aliphatic carbocycles. The predicted molar refractivity (Wildman–Crippen MR) is 116 cm³/mol. The summed E-state index contributed by atoms with van der Waals surface area (Å²) in [6, 6.07) is 16.6. The summed E-state index contributed by atoms with van der Waals surface area (Å²) in [5, 5.41) is 3.73. The fraction of sp³-hybridized carbons (Fsp3) is 0.0952. The summed E-state index contributed by atoms with van der Waals surface area (Å²) >= 11 is 2.63. The van der Waals surface area contributed by atoms with E-state index in [1.807, 2.05) is 43.3 Å². The van der Waals surface area contributed by atoms with Gasteiger partial charge in [-0.3, -0.25) is 14.2 Å². The van der Waals surface area contributed by atoms with E-state index in [9.17, 15) is 14.0 Å². The lowest BCUT2D eigenvalue weighted by molar-refractivity contribution is -0.113. The molecule has 29 heavy (non-hydrogen) atoms. The fourth-order valence-electron chi connectivity index (χ4n) is 2.84. The van der Waals surface area contributed by atoms with Crippen LogP contribution in [-0.4, -0.2) is 21.2 Å². The van der Waals surface area contributed by atoms with Crippen LogP contribution in [0.2, 0.25) is 0 Å². The van der Waals surface area contributed by atoms with Crippen LogP contribution >= 0.6 is 23.1 Å². The van der Waals surface area contributed by atoms with Gasteiger partial charge in [-0.25, -0.2) is 9.37 Å². The van der Waals surface area contributed by atoms with Crippen LogP contribution in [0.5, 0.6) is 0 Å². The monoisotopic (exact) mass is 425 g/mol. The molecule has 4 rings (SSSR count). The van der Waals surface area contributed by atoms with E-state index >= 15 is 0 Å². The van der Waals surface area contributed by atoms with Crippen LogP contribution in [0.25, 0.3) is 15.9 Å². The summed E-state index contributed by atoms with van der Waals surface area (Å²) < 4.78 is 14.5. The van der Waals surface area contributed by atoms with Crippen LogP contribution < -0.4 is 10.9 Å². The number of carbonyl (C=O) groups is 1.